The van der Waals surface area contributed by atoms with Crippen molar-refractivity contribution in [2.24, 2.45) is 11.8 Å². The fourth-order valence-electron chi connectivity index (χ4n) is 3.59. The SMILES string of the molecule is Cc1cccc(COC[C@H]2[C@H](C/C=C\CCCC(=O)O)[C@H](O)C[C@H]2O)c1. The lowest BCUT2D eigenvalue weighted by molar-refractivity contribution is -0.137. The molecule has 0 aliphatic heterocycles. The molecule has 0 bridgehead atoms. The van der Waals surface area contributed by atoms with Gasteiger partial charge in [-0.25, -0.2) is 0 Å². The fraction of sp³-hybridized carbons (Fsp3) is 0.571. The summed E-state index contributed by atoms with van der Waals surface area (Å²) in [6.07, 6.45) is 5.43. The Labute approximate surface area is 155 Å². The Morgan fingerprint density at radius 1 is 1.23 bits per heavy atom. The molecule has 1 aliphatic carbocycles. The first-order valence-corrected chi connectivity index (χ1v) is 9.33. The van der Waals surface area contributed by atoms with Crippen LogP contribution in [0.3, 0.4) is 0 Å². The van der Waals surface area contributed by atoms with Gasteiger partial charge in [-0.15, -0.1) is 0 Å². The van der Waals surface area contributed by atoms with Crippen LogP contribution in [0.5, 0.6) is 0 Å². The maximum atomic E-state index is 10.5. The van der Waals surface area contributed by atoms with Crippen LogP contribution in [0, 0.1) is 18.8 Å². The summed E-state index contributed by atoms with van der Waals surface area (Å²) in [7, 11) is 0. The van der Waals surface area contributed by atoms with Gasteiger partial charge in [0, 0.05) is 12.3 Å². The molecule has 144 valence electrons. The number of aliphatic hydroxyl groups excluding tert-OH is 2. The second kappa shape index (κ2) is 10.5. The Hall–Kier alpha value is -1.69. The van der Waals surface area contributed by atoms with Crippen molar-refractivity contribution in [2.45, 2.75) is 57.8 Å². The number of rotatable bonds is 10. The highest BCUT2D eigenvalue weighted by atomic mass is 16.5. The van der Waals surface area contributed by atoms with Crippen LogP contribution >= 0.6 is 0 Å². The lowest BCUT2D eigenvalue weighted by atomic mass is 9.91. The van der Waals surface area contributed by atoms with Gasteiger partial charge in [0.05, 0.1) is 25.4 Å². The molecule has 0 unspecified atom stereocenters. The summed E-state index contributed by atoms with van der Waals surface area (Å²) in [4.78, 5) is 10.5. The molecular weight excluding hydrogens is 332 g/mol. The Balaban J connectivity index is 1.79. The summed E-state index contributed by atoms with van der Waals surface area (Å²) >= 11 is 0. The number of aryl methyl sites for hydroxylation is 1. The number of ether oxygens (including phenoxy) is 1. The van der Waals surface area contributed by atoms with Gasteiger partial charge < -0.3 is 20.1 Å². The maximum Gasteiger partial charge on any atom is 0.303 e. The molecule has 0 heterocycles. The average molecular weight is 362 g/mol. The lowest BCUT2D eigenvalue weighted by Crippen LogP contribution is -2.26. The molecule has 26 heavy (non-hydrogen) atoms. The fourth-order valence-corrected chi connectivity index (χ4v) is 3.59. The molecule has 1 saturated carbocycles. The van der Waals surface area contributed by atoms with E-state index in [-0.39, 0.29) is 18.3 Å². The number of carboxylic acids is 1. The zero-order valence-electron chi connectivity index (χ0n) is 15.4. The number of aliphatic carboxylic acids is 1. The van der Waals surface area contributed by atoms with E-state index in [0.29, 0.717) is 38.9 Å². The first kappa shape index (κ1) is 20.6. The summed E-state index contributed by atoms with van der Waals surface area (Å²) in [5.41, 5.74) is 2.29. The molecular formula is C21H30O5. The van der Waals surface area contributed by atoms with Crippen molar-refractivity contribution in [2.75, 3.05) is 6.61 Å². The van der Waals surface area contributed by atoms with Gasteiger partial charge in [-0.3, -0.25) is 4.79 Å². The van der Waals surface area contributed by atoms with Crippen LogP contribution in [0.25, 0.3) is 0 Å². The van der Waals surface area contributed by atoms with Crippen molar-refractivity contribution in [1.29, 1.82) is 0 Å². The third-order valence-corrected chi connectivity index (χ3v) is 5.02. The topological polar surface area (TPSA) is 87.0 Å². The zero-order chi connectivity index (χ0) is 18.9. The average Bonchev–Trinajstić information content (AvgIpc) is 2.84. The summed E-state index contributed by atoms with van der Waals surface area (Å²) < 4.78 is 5.82. The quantitative estimate of drug-likeness (QED) is 0.440. The maximum absolute atomic E-state index is 10.5. The minimum atomic E-state index is -0.779. The Morgan fingerprint density at radius 3 is 2.73 bits per heavy atom. The largest absolute Gasteiger partial charge is 0.481 e. The van der Waals surface area contributed by atoms with E-state index in [1.54, 1.807) is 0 Å². The van der Waals surface area contributed by atoms with Crippen molar-refractivity contribution in [1.82, 2.24) is 0 Å². The van der Waals surface area contributed by atoms with Crippen LogP contribution in [-0.4, -0.2) is 40.1 Å². The summed E-state index contributed by atoms with van der Waals surface area (Å²) in [6.45, 7) is 2.96. The number of benzene rings is 1. The molecule has 5 heteroatoms. The highest BCUT2D eigenvalue weighted by Gasteiger charge is 2.40. The normalized spacial score (nSPS) is 25.8. The number of hydrogen-bond acceptors (Lipinski definition) is 4. The van der Waals surface area contributed by atoms with Gasteiger partial charge in [0.25, 0.3) is 0 Å². The van der Waals surface area contributed by atoms with E-state index in [0.717, 1.165) is 5.56 Å². The first-order chi connectivity index (χ1) is 12.5. The van der Waals surface area contributed by atoms with Crippen LogP contribution in [0.1, 0.15) is 43.2 Å². The van der Waals surface area contributed by atoms with E-state index in [9.17, 15) is 15.0 Å². The van der Waals surface area contributed by atoms with Gasteiger partial charge in [-0.05, 0) is 44.1 Å². The highest BCUT2D eigenvalue weighted by molar-refractivity contribution is 5.66. The predicted octanol–water partition coefficient (Wildman–Crippen LogP) is 3.07. The van der Waals surface area contributed by atoms with Crippen molar-refractivity contribution in [3.8, 4) is 0 Å². The van der Waals surface area contributed by atoms with Crippen molar-refractivity contribution in [3.63, 3.8) is 0 Å². The number of allylic oxidation sites excluding steroid dienone is 2. The second-order valence-corrected chi connectivity index (χ2v) is 7.20. The van der Waals surface area contributed by atoms with Gasteiger partial charge in [0.15, 0.2) is 0 Å². The monoisotopic (exact) mass is 362 g/mol. The smallest absolute Gasteiger partial charge is 0.303 e. The van der Waals surface area contributed by atoms with Gasteiger partial charge in [0.1, 0.15) is 0 Å². The molecule has 0 aromatic heterocycles. The number of carbonyl (C=O) groups is 1. The van der Waals surface area contributed by atoms with E-state index in [2.05, 4.69) is 6.07 Å². The van der Waals surface area contributed by atoms with E-state index in [4.69, 9.17) is 9.84 Å². The van der Waals surface area contributed by atoms with Gasteiger partial charge in [0.2, 0.25) is 0 Å². The number of aliphatic hydroxyl groups is 2. The van der Waals surface area contributed by atoms with Gasteiger partial charge in [-0.1, -0.05) is 42.0 Å². The Kier molecular flexibility index (Phi) is 8.29. The minimum Gasteiger partial charge on any atom is -0.481 e. The summed E-state index contributed by atoms with van der Waals surface area (Å²) in [5, 5.41) is 29.1. The highest BCUT2D eigenvalue weighted by Crippen LogP contribution is 2.35. The number of carboxylic acid groups (broad SMARTS) is 1. The van der Waals surface area contributed by atoms with Crippen LogP contribution in [-0.2, 0) is 16.1 Å². The number of unbranched alkanes of at least 4 members (excludes halogenated alkanes) is 1. The Bertz CT molecular complexity index is 598. The number of hydrogen-bond donors (Lipinski definition) is 3. The Morgan fingerprint density at radius 2 is 2.00 bits per heavy atom. The molecule has 3 N–H and O–H groups in total. The van der Waals surface area contributed by atoms with Gasteiger partial charge in [-0.2, -0.15) is 0 Å². The molecule has 1 aliphatic rings. The molecule has 5 nitrogen and oxygen atoms in total. The van der Waals surface area contributed by atoms with Crippen molar-refractivity contribution < 1.29 is 24.9 Å². The van der Waals surface area contributed by atoms with Crippen LogP contribution in [0.2, 0.25) is 0 Å². The van der Waals surface area contributed by atoms with Crippen LogP contribution in [0.15, 0.2) is 36.4 Å². The lowest BCUT2D eigenvalue weighted by Gasteiger charge is -2.22. The van der Waals surface area contributed by atoms with E-state index in [1.807, 2.05) is 37.3 Å². The predicted molar refractivity (Wildman–Crippen MR) is 99.7 cm³/mol. The van der Waals surface area contributed by atoms with E-state index in [1.165, 1.54) is 5.56 Å². The van der Waals surface area contributed by atoms with Crippen molar-refractivity contribution in [3.05, 3.63) is 47.5 Å². The minimum absolute atomic E-state index is 0.0294. The van der Waals surface area contributed by atoms with Crippen molar-refractivity contribution >= 4 is 5.97 Å². The third kappa shape index (κ3) is 6.56. The molecule has 4 atom stereocenters. The molecule has 0 amide bonds. The standard InChI is InChI=1S/C21H30O5/c1-15-7-6-8-16(11-15)13-26-14-18-17(19(22)12-20(18)23)9-4-2-3-5-10-21(24)25/h2,4,6-8,11,17-20,22-23H,3,5,9-10,12-14H2,1H3,(H,24,25)/b4-2-/t17-,18-,19+,20+/m0/s1. The molecule has 0 radical (unpaired) electrons. The van der Waals surface area contributed by atoms with E-state index >= 15 is 0 Å². The second-order valence-electron chi connectivity index (χ2n) is 7.20. The molecule has 2 rings (SSSR count). The van der Waals surface area contributed by atoms with Gasteiger partial charge >= 0.3 is 5.97 Å². The van der Waals surface area contributed by atoms with Crippen LogP contribution < -0.4 is 0 Å². The molecule has 0 spiro atoms. The summed E-state index contributed by atoms with van der Waals surface area (Å²) in [6, 6.07) is 8.14. The van der Waals surface area contributed by atoms with Crippen LogP contribution in [0.4, 0.5) is 0 Å². The molecule has 0 saturated heterocycles. The molecule has 1 aromatic rings. The third-order valence-electron chi connectivity index (χ3n) is 5.02. The molecule has 1 fully saturated rings. The zero-order valence-corrected chi connectivity index (χ0v) is 15.4. The summed E-state index contributed by atoms with van der Waals surface area (Å²) in [5.74, 6) is -0.893. The molecule has 1 aromatic carbocycles. The van der Waals surface area contributed by atoms with E-state index < -0.39 is 18.2 Å². The first-order valence-electron chi connectivity index (χ1n) is 9.33.